The molecule has 18 heavy (non-hydrogen) atoms. The fraction of sp³-hybridized carbons (Fsp3) is 0.846. The van der Waals surface area contributed by atoms with Crippen LogP contribution in [0.5, 0.6) is 0 Å². The maximum Gasteiger partial charge on any atom is 0.306 e. The molecule has 5 heteroatoms. The van der Waals surface area contributed by atoms with Crippen molar-refractivity contribution in [2.24, 2.45) is 5.92 Å². The van der Waals surface area contributed by atoms with Gasteiger partial charge in [0.2, 0.25) is 0 Å². The van der Waals surface area contributed by atoms with E-state index in [1.807, 2.05) is 34.6 Å². The zero-order valence-electron chi connectivity index (χ0n) is 12.2. The van der Waals surface area contributed by atoms with Crippen LogP contribution < -0.4 is 5.32 Å². The molecule has 0 spiro atoms. The van der Waals surface area contributed by atoms with Crippen molar-refractivity contribution in [1.82, 2.24) is 5.32 Å². The van der Waals surface area contributed by atoms with Crippen LogP contribution >= 0.6 is 0 Å². The first-order chi connectivity index (χ1) is 8.39. The summed E-state index contributed by atoms with van der Waals surface area (Å²) >= 11 is 0. The summed E-state index contributed by atoms with van der Waals surface area (Å²) in [4.78, 5) is 19.7. The summed E-state index contributed by atoms with van der Waals surface area (Å²) in [6.07, 6.45) is 1.66. The highest BCUT2D eigenvalue weighted by molar-refractivity contribution is 5.70. The lowest BCUT2D eigenvalue weighted by Gasteiger charge is -2.20. The summed E-state index contributed by atoms with van der Waals surface area (Å²) in [6.45, 7) is 11.4. The maximum atomic E-state index is 11.4. The lowest BCUT2D eigenvalue weighted by Crippen LogP contribution is -2.25. The normalized spacial score (nSPS) is 17.7. The van der Waals surface area contributed by atoms with Crippen molar-refractivity contribution in [3.05, 3.63) is 0 Å². The van der Waals surface area contributed by atoms with E-state index in [-0.39, 0.29) is 18.0 Å². The second-order valence-electron chi connectivity index (χ2n) is 4.75. The third kappa shape index (κ3) is 13.0. The van der Waals surface area contributed by atoms with E-state index in [2.05, 4.69) is 5.32 Å². The highest BCUT2D eigenvalue weighted by Gasteiger charge is 2.22. The Balaban J connectivity index is 0. The Kier molecular flexibility index (Phi) is 11.8. The number of rotatable bonds is 2. The number of carbonyl (C=O) groups excluding carboxylic acids is 1. The topological polar surface area (TPSA) is 75.6 Å². The minimum absolute atomic E-state index is 0.0683. The van der Waals surface area contributed by atoms with E-state index in [0.717, 1.165) is 19.5 Å². The van der Waals surface area contributed by atoms with Crippen molar-refractivity contribution in [3.63, 3.8) is 0 Å². The Morgan fingerprint density at radius 1 is 1.44 bits per heavy atom. The molecule has 0 bridgehead atoms. The van der Waals surface area contributed by atoms with Crippen LogP contribution in [0, 0.1) is 5.92 Å². The molecule has 0 unspecified atom stereocenters. The molecule has 1 fully saturated rings. The zero-order chi connectivity index (χ0) is 14.6. The summed E-state index contributed by atoms with van der Waals surface area (Å²) in [7, 11) is 0. The highest BCUT2D eigenvalue weighted by Crippen LogP contribution is 2.15. The zero-order valence-corrected chi connectivity index (χ0v) is 12.2. The van der Waals surface area contributed by atoms with Crippen LogP contribution in [0.4, 0.5) is 0 Å². The second-order valence-corrected chi connectivity index (χ2v) is 4.75. The van der Waals surface area contributed by atoms with Crippen LogP contribution in [-0.4, -0.2) is 36.2 Å². The largest absolute Gasteiger partial charge is 0.483 e. The molecule has 1 atom stereocenters. The smallest absolute Gasteiger partial charge is 0.306 e. The molecule has 0 amide bonds. The molecule has 0 saturated carbocycles. The third-order valence-electron chi connectivity index (χ3n) is 2.04. The van der Waals surface area contributed by atoms with Crippen LogP contribution in [0.15, 0.2) is 0 Å². The van der Waals surface area contributed by atoms with E-state index >= 15 is 0 Å². The molecule has 1 rings (SSSR count). The summed E-state index contributed by atoms with van der Waals surface area (Å²) in [5.41, 5.74) is -0.344. The van der Waals surface area contributed by atoms with E-state index in [1.54, 1.807) is 0 Å². The van der Waals surface area contributed by atoms with Crippen LogP contribution in [0.2, 0.25) is 0 Å². The van der Waals surface area contributed by atoms with Gasteiger partial charge in [0.1, 0.15) is 5.60 Å². The molecule has 2 N–H and O–H groups in total. The van der Waals surface area contributed by atoms with Crippen LogP contribution in [0.1, 0.15) is 47.5 Å². The molecule has 0 aromatic rings. The number of hydrogen-bond donors (Lipinski definition) is 2. The number of carbonyl (C=O) groups is 2. The summed E-state index contributed by atoms with van der Waals surface area (Å²) in [6, 6.07) is 0. The van der Waals surface area contributed by atoms with E-state index in [1.165, 1.54) is 0 Å². The molecule has 1 aliphatic heterocycles. The molecule has 108 valence electrons. The Hall–Kier alpha value is -1.10. The highest BCUT2D eigenvalue weighted by atomic mass is 16.6. The van der Waals surface area contributed by atoms with Crippen molar-refractivity contribution < 1.29 is 19.4 Å². The van der Waals surface area contributed by atoms with Crippen LogP contribution in [0.25, 0.3) is 0 Å². The van der Waals surface area contributed by atoms with Gasteiger partial charge in [-0.25, -0.2) is 0 Å². The average Bonchev–Trinajstić information content (AvgIpc) is 2.71. The van der Waals surface area contributed by atoms with Gasteiger partial charge in [-0.2, -0.15) is 0 Å². The van der Waals surface area contributed by atoms with Gasteiger partial charge in [0.05, 0.1) is 0 Å². The van der Waals surface area contributed by atoms with Gasteiger partial charge in [-0.15, -0.1) is 0 Å². The minimum atomic E-state index is -0.344. The average molecular weight is 261 g/mol. The predicted molar refractivity (Wildman–Crippen MR) is 71.5 cm³/mol. The minimum Gasteiger partial charge on any atom is -0.483 e. The van der Waals surface area contributed by atoms with Gasteiger partial charge in [-0.1, -0.05) is 13.8 Å². The molecule has 0 aliphatic carbocycles. The van der Waals surface area contributed by atoms with E-state index in [9.17, 15) is 4.79 Å². The number of nitrogens with one attached hydrogen (secondary N) is 1. The van der Waals surface area contributed by atoms with Gasteiger partial charge in [0, 0.05) is 6.42 Å². The first-order valence-electron chi connectivity index (χ1n) is 6.39. The van der Waals surface area contributed by atoms with Gasteiger partial charge >= 0.3 is 5.97 Å². The van der Waals surface area contributed by atoms with Crippen molar-refractivity contribution in [2.75, 3.05) is 13.1 Å². The Bertz CT molecular complexity index is 218. The predicted octanol–water partition coefficient (Wildman–Crippen LogP) is 2.05. The molecule has 1 aliphatic rings. The fourth-order valence-electron chi connectivity index (χ4n) is 1.51. The molecule has 0 aromatic heterocycles. The fourth-order valence-corrected chi connectivity index (χ4v) is 1.51. The van der Waals surface area contributed by atoms with Crippen LogP contribution in [0.3, 0.4) is 0 Å². The van der Waals surface area contributed by atoms with Gasteiger partial charge in [0.25, 0.3) is 6.47 Å². The Labute approximate surface area is 110 Å². The molecular formula is C13H27NO4. The van der Waals surface area contributed by atoms with Gasteiger partial charge in [-0.3, -0.25) is 9.59 Å². The summed E-state index contributed by atoms with van der Waals surface area (Å²) in [5, 5.41) is 10.1. The molecule has 0 radical (unpaired) electrons. The quantitative estimate of drug-likeness (QED) is 0.588. The SMILES string of the molecule is CC.CC(C)(C)OC(=O)C[C@@H]1CCNC1.O=CO. The molecule has 1 heterocycles. The molecule has 0 aromatic carbocycles. The van der Waals surface area contributed by atoms with Crippen LogP contribution in [-0.2, 0) is 14.3 Å². The Morgan fingerprint density at radius 2 is 1.94 bits per heavy atom. The summed E-state index contributed by atoms with van der Waals surface area (Å²) in [5.74, 6) is 0.413. The van der Waals surface area contributed by atoms with Crippen molar-refractivity contribution in [2.45, 2.75) is 53.1 Å². The number of hydrogen-bond acceptors (Lipinski definition) is 4. The monoisotopic (exact) mass is 261 g/mol. The lowest BCUT2D eigenvalue weighted by atomic mass is 10.1. The third-order valence-corrected chi connectivity index (χ3v) is 2.04. The van der Waals surface area contributed by atoms with Crippen molar-refractivity contribution in [3.8, 4) is 0 Å². The maximum absolute atomic E-state index is 11.4. The number of esters is 1. The lowest BCUT2D eigenvalue weighted by molar-refractivity contribution is -0.155. The summed E-state index contributed by atoms with van der Waals surface area (Å²) < 4.78 is 5.23. The number of carboxylic acid groups (broad SMARTS) is 1. The standard InChI is InChI=1S/C10H19NO2.C2H6.CH2O2/c1-10(2,3)13-9(12)6-8-4-5-11-7-8;1-2;2-1-3/h8,11H,4-7H2,1-3H3;1-2H3;1H,(H,2,3)/t8-;;/m0../s1. The second kappa shape index (κ2) is 11.0. The first-order valence-corrected chi connectivity index (χ1v) is 6.39. The van der Waals surface area contributed by atoms with Gasteiger partial charge in [0.15, 0.2) is 0 Å². The molecule has 1 saturated heterocycles. The number of ether oxygens (including phenoxy) is 1. The van der Waals surface area contributed by atoms with E-state index in [0.29, 0.717) is 12.3 Å². The first kappa shape index (κ1) is 19.2. The van der Waals surface area contributed by atoms with Crippen molar-refractivity contribution >= 4 is 12.4 Å². The molecule has 5 nitrogen and oxygen atoms in total. The van der Waals surface area contributed by atoms with Crippen molar-refractivity contribution in [1.29, 1.82) is 0 Å². The van der Waals surface area contributed by atoms with E-state index < -0.39 is 0 Å². The van der Waals surface area contributed by atoms with Gasteiger partial charge in [-0.05, 0) is 46.2 Å². The molecular weight excluding hydrogens is 234 g/mol. The Morgan fingerprint density at radius 3 is 2.28 bits per heavy atom. The van der Waals surface area contributed by atoms with Gasteiger partial charge < -0.3 is 15.2 Å². The van der Waals surface area contributed by atoms with E-state index in [4.69, 9.17) is 14.6 Å².